The van der Waals surface area contributed by atoms with E-state index >= 15 is 0 Å². The average Bonchev–Trinajstić information content (AvgIpc) is 2.35. The lowest BCUT2D eigenvalue weighted by molar-refractivity contribution is 0.503. The first-order valence-electron chi connectivity index (χ1n) is 7.04. The van der Waals surface area contributed by atoms with Crippen molar-refractivity contribution in [1.82, 2.24) is 5.32 Å². The van der Waals surface area contributed by atoms with Crippen LogP contribution in [0.3, 0.4) is 0 Å². The lowest BCUT2D eigenvalue weighted by Gasteiger charge is -2.20. The normalized spacial score (nSPS) is 12.7. The third-order valence-electron chi connectivity index (χ3n) is 3.62. The van der Waals surface area contributed by atoms with Crippen LogP contribution >= 0.6 is 15.9 Å². The van der Waals surface area contributed by atoms with Crippen molar-refractivity contribution in [3.8, 4) is 0 Å². The summed E-state index contributed by atoms with van der Waals surface area (Å²) < 4.78 is 1.21. The Bertz CT molecular complexity index is 374. The van der Waals surface area contributed by atoms with Crippen LogP contribution in [0.2, 0.25) is 0 Å². The smallest absolute Gasteiger partial charge is 0.0320 e. The van der Waals surface area contributed by atoms with Gasteiger partial charge in [-0.25, -0.2) is 0 Å². The van der Waals surface area contributed by atoms with E-state index in [4.69, 9.17) is 0 Å². The molecule has 0 bridgehead atoms. The molecule has 2 heteroatoms. The minimum absolute atomic E-state index is 0.494. The fourth-order valence-corrected chi connectivity index (χ4v) is 2.87. The van der Waals surface area contributed by atoms with Gasteiger partial charge in [-0.05, 0) is 50.1 Å². The number of unbranched alkanes of at least 4 members (excludes halogenated alkanes) is 3. The van der Waals surface area contributed by atoms with Crippen LogP contribution in [0.4, 0.5) is 0 Å². The highest BCUT2D eigenvalue weighted by Gasteiger charge is 2.12. The van der Waals surface area contributed by atoms with Gasteiger partial charge in [-0.2, -0.15) is 0 Å². The molecule has 0 fully saturated rings. The summed E-state index contributed by atoms with van der Waals surface area (Å²) in [5.41, 5.74) is 4.15. The second-order valence-electron chi connectivity index (χ2n) is 5.15. The summed E-state index contributed by atoms with van der Waals surface area (Å²) in [6.07, 6.45) is 6.56. The maximum atomic E-state index is 3.60. The minimum atomic E-state index is 0.494. The fourth-order valence-electron chi connectivity index (χ4n) is 2.41. The molecule has 0 saturated carbocycles. The molecule has 0 amide bonds. The number of hydrogen-bond acceptors (Lipinski definition) is 1. The minimum Gasteiger partial charge on any atom is -0.313 e. The predicted octanol–water partition coefficient (Wildman–Crippen LogP) is 5.30. The Hall–Kier alpha value is -0.340. The summed E-state index contributed by atoms with van der Waals surface area (Å²) in [7, 11) is 2.07. The highest BCUT2D eigenvalue weighted by Crippen LogP contribution is 2.28. The van der Waals surface area contributed by atoms with Crippen molar-refractivity contribution in [1.29, 1.82) is 0 Å². The SMILES string of the molecule is CCCCCCC(NC)c1cc(C)c(Br)cc1C. The van der Waals surface area contributed by atoms with Crippen molar-refractivity contribution in [2.24, 2.45) is 0 Å². The van der Waals surface area contributed by atoms with Crippen molar-refractivity contribution in [3.05, 3.63) is 33.3 Å². The van der Waals surface area contributed by atoms with Gasteiger partial charge in [0.1, 0.15) is 0 Å². The molecular formula is C16H26BrN. The Morgan fingerprint density at radius 1 is 1.11 bits per heavy atom. The van der Waals surface area contributed by atoms with E-state index in [2.05, 4.69) is 61.2 Å². The largest absolute Gasteiger partial charge is 0.313 e. The fraction of sp³-hybridized carbons (Fsp3) is 0.625. The zero-order valence-electron chi connectivity index (χ0n) is 12.1. The third kappa shape index (κ3) is 4.40. The maximum absolute atomic E-state index is 3.60. The van der Waals surface area contributed by atoms with Crippen molar-refractivity contribution < 1.29 is 0 Å². The van der Waals surface area contributed by atoms with E-state index in [-0.39, 0.29) is 0 Å². The molecule has 102 valence electrons. The summed E-state index contributed by atoms with van der Waals surface area (Å²) in [4.78, 5) is 0. The monoisotopic (exact) mass is 311 g/mol. The molecule has 0 aliphatic carbocycles. The first-order chi connectivity index (χ1) is 8.60. The van der Waals surface area contributed by atoms with Crippen LogP contribution in [-0.4, -0.2) is 7.05 Å². The molecule has 1 aromatic carbocycles. The van der Waals surface area contributed by atoms with Gasteiger partial charge in [-0.3, -0.25) is 0 Å². The van der Waals surface area contributed by atoms with Crippen LogP contribution in [0.5, 0.6) is 0 Å². The van der Waals surface area contributed by atoms with Crippen LogP contribution in [-0.2, 0) is 0 Å². The Balaban J connectivity index is 2.72. The average molecular weight is 312 g/mol. The molecule has 1 aromatic rings. The molecule has 1 nitrogen and oxygen atoms in total. The maximum Gasteiger partial charge on any atom is 0.0320 e. The van der Waals surface area contributed by atoms with Gasteiger partial charge in [0.25, 0.3) is 0 Å². The molecular weight excluding hydrogens is 286 g/mol. The second-order valence-corrected chi connectivity index (χ2v) is 6.00. The molecule has 0 heterocycles. The quantitative estimate of drug-likeness (QED) is 0.674. The van der Waals surface area contributed by atoms with Gasteiger partial charge in [0.2, 0.25) is 0 Å². The van der Waals surface area contributed by atoms with E-state index < -0.39 is 0 Å². The molecule has 0 radical (unpaired) electrons. The molecule has 18 heavy (non-hydrogen) atoms. The highest BCUT2D eigenvalue weighted by molar-refractivity contribution is 9.10. The van der Waals surface area contributed by atoms with Gasteiger partial charge in [-0.1, -0.05) is 54.6 Å². The summed E-state index contributed by atoms with van der Waals surface area (Å²) >= 11 is 3.60. The van der Waals surface area contributed by atoms with Crippen LogP contribution in [0.25, 0.3) is 0 Å². The van der Waals surface area contributed by atoms with Crippen LogP contribution in [0.15, 0.2) is 16.6 Å². The highest BCUT2D eigenvalue weighted by atomic mass is 79.9. The van der Waals surface area contributed by atoms with E-state index in [9.17, 15) is 0 Å². The lowest BCUT2D eigenvalue weighted by atomic mass is 9.95. The van der Waals surface area contributed by atoms with E-state index in [1.54, 1.807) is 0 Å². The molecule has 0 saturated heterocycles. The Kier molecular flexibility index (Phi) is 6.95. The molecule has 1 atom stereocenters. The Labute approximate surface area is 120 Å². The van der Waals surface area contributed by atoms with Crippen molar-refractivity contribution in [2.45, 2.75) is 58.9 Å². The summed E-state index contributed by atoms with van der Waals surface area (Å²) in [5, 5.41) is 3.47. The number of halogens is 1. The van der Waals surface area contributed by atoms with Crippen molar-refractivity contribution in [2.75, 3.05) is 7.05 Å². The molecule has 1 N–H and O–H groups in total. The first-order valence-corrected chi connectivity index (χ1v) is 7.83. The molecule has 0 aliphatic heterocycles. The number of aryl methyl sites for hydroxylation is 2. The van der Waals surface area contributed by atoms with Crippen LogP contribution in [0.1, 0.15) is 61.8 Å². The zero-order chi connectivity index (χ0) is 13.5. The zero-order valence-corrected chi connectivity index (χ0v) is 13.7. The van der Waals surface area contributed by atoms with Gasteiger partial charge < -0.3 is 5.32 Å². The Morgan fingerprint density at radius 3 is 2.44 bits per heavy atom. The van der Waals surface area contributed by atoms with E-state index in [0.717, 1.165) is 0 Å². The topological polar surface area (TPSA) is 12.0 Å². The van der Waals surface area contributed by atoms with Crippen LogP contribution < -0.4 is 5.32 Å². The van der Waals surface area contributed by atoms with Gasteiger partial charge in [0.05, 0.1) is 0 Å². The number of rotatable bonds is 7. The first kappa shape index (κ1) is 15.7. The van der Waals surface area contributed by atoms with E-state index in [0.29, 0.717) is 6.04 Å². The Morgan fingerprint density at radius 2 is 1.83 bits per heavy atom. The van der Waals surface area contributed by atoms with Gasteiger partial charge in [-0.15, -0.1) is 0 Å². The second kappa shape index (κ2) is 7.96. The predicted molar refractivity (Wildman–Crippen MR) is 84.2 cm³/mol. The number of hydrogen-bond donors (Lipinski definition) is 1. The molecule has 1 unspecified atom stereocenters. The van der Waals surface area contributed by atoms with Gasteiger partial charge in [0.15, 0.2) is 0 Å². The molecule has 0 aromatic heterocycles. The number of benzene rings is 1. The number of nitrogens with one attached hydrogen (secondary N) is 1. The van der Waals surface area contributed by atoms with Crippen LogP contribution in [0, 0.1) is 13.8 Å². The summed E-state index contributed by atoms with van der Waals surface area (Å²) in [6, 6.07) is 5.05. The van der Waals surface area contributed by atoms with Gasteiger partial charge >= 0.3 is 0 Å². The molecule has 1 rings (SSSR count). The lowest BCUT2D eigenvalue weighted by Crippen LogP contribution is -2.17. The third-order valence-corrected chi connectivity index (χ3v) is 4.47. The van der Waals surface area contributed by atoms with Crippen molar-refractivity contribution in [3.63, 3.8) is 0 Å². The molecule has 0 spiro atoms. The van der Waals surface area contributed by atoms with E-state index in [1.165, 1.54) is 53.3 Å². The molecule has 0 aliphatic rings. The van der Waals surface area contributed by atoms with Gasteiger partial charge in [0, 0.05) is 10.5 Å². The standard InChI is InChI=1S/C16H26BrN/c1-5-6-7-8-9-16(18-4)14-10-13(3)15(17)11-12(14)2/h10-11,16,18H,5-9H2,1-4H3. The van der Waals surface area contributed by atoms with Crippen molar-refractivity contribution >= 4 is 15.9 Å². The summed E-state index contributed by atoms with van der Waals surface area (Å²) in [5.74, 6) is 0. The van der Waals surface area contributed by atoms with E-state index in [1.807, 2.05) is 0 Å². The summed E-state index contributed by atoms with van der Waals surface area (Å²) in [6.45, 7) is 6.63.